The topological polar surface area (TPSA) is 43.4 Å². The van der Waals surface area contributed by atoms with Gasteiger partial charge >= 0.3 is 0 Å². The van der Waals surface area contributed by atoms with E-state index in [1.165, 1.54) is 0 Å². The summed E-state index contributed by atoms with van der Waals surface area (Å²) in [6.07, 6.45) is 0. The normalized spacial score (nSPS) is 15.1. The Balaban J connectivity index is 2.87. The minimum Gasteiger partial charge on any atom is -0.412 e. The minimum absolute atomic E-state index is 0.0700. The van der Waals surface area contributed by atoms with Crippen LogP contribution in [0.1, 0.15) is 20.8 Å². The highest BCUT2D eigenvalue weighted by atomic mass is 32.2. The van der Waals surface area contributed by atoms with Crippen LogP contribution in [0.4, 0.5) is 0 Å². The van der Waals surface area contributed by atoms with Crippen molar-refractivity contribution in [3.63, 3.8) is 0 Å². The number of hydrogen-bond acceptors (Lipinski definition) is 3. The first-order chi connectivity index (χ1) is 8.94. The monoisotopic (exact) mass is 314 g/mol. The first-order valence-electron chi connectivity index (χ1n) is 6.92. The van der Waals surface area contributed by atoms with Crippen molar-refractivity contribution < 1.29 is 12.8 Å². The van der Waals surface area contributed by atoms with Gasteiger partial charge in [-0.2, -0.15) is 0 Å². The van der Waals surface area contributed by atoms with Crippen LogP contribution in [0.5, 0.6) is 0 Å². The van der Waals surface area contributed by atoms with E-state index in [0.717, 1.165) is 0 Å². The maximum atomic E-state index is 12.4. The second kappa shape index (κ2) is 5.99. The fourth-order valence-electron chi connectivity index (χ4n) is 2.14. The Kier molecular flexibility index (Phi) is 5.22. The summed E-state index contributed by atoms with van der Waals surface area (Å²) in [5, 5.41) is 0. The summed E-state index contributed by atoms with van der Waals surface area (Å²) in [6, 6.07) is 8.62. The predicted octanol–water partition coefficient (Wildman–Crippen LogP) is 3.73. The van der Waals surface area contributed by atoms with E-state index in [2.05, 4.69) is 19.6 Å². The molecule has 20 heavy (non-hydrogen) atoms. The third kappa shape index (κ3) is 5.03. The molecular weight excluding hydrogens is 288 g/mol. The van der Waals surface area contributed by atoms with Crippen LogP contribution in [0.25, 0.3) is 0 Å². The average Bonchev–Trinajstić information content (AvgIpc) is 2.26. The summed E-state index contributed by atoms with van der Waals surface area (Å²) >= 11 is 0. The Hall–Kier alpha value is -0.653. The van der Waals surface area contributed by atoms with E-state index in [-0.39, 0.29) is 11.7 Å². The molecule has 0 unspecified atom stereocenters. The molecule has 1 atom stereocenters. The molecule has 0 amide bonds. The Bertz CT molecular complexity index is 530. The van der Waals surface area contributed by atoms with Gasteiger partial charge in [0.15, 0.2) is 18.2 Å². The maximum Gasteiger partial charge on any atom is 0.184 e. The Morgan fingerprint density at radius 2 is 1.65 bits per heavy atom. The Labute approximate surface area is 124 Å². The molecule has 0 aliphatic carbocycles. The zero-order chi connectivity index (χ0) is 15.6. The molecule has 1 rings (SSSR count). The molecule has 0 radical (unpaired) electrons. The summed E-state index contributed by atoms with van der Waals surface area (Å²) in [7, 11) is -4.97. The van der Waals surface area contributed by atoms with E-state index >= 15 is 0 Å². The smallest absolute Gasteiger partial charge is 0.184 e. The van der Waals surface area contributed by atoms with Gasteiger partial charge in [0, 0.05) is 0 Å². The SMILES string of the molecule is C[C@@H](CS(=O)(=O)c1ccccc1)C(C)(C)O[Si](C)(C)C. The Morgan fingerprint density at radius 1 is 1.15 bits per heavy atom. The van der Waals surface area contributed by atoms with Gasteiger partial charge < -0.3 is 4.43 Å². The fraction of sp³-hybridized carbons (Fsp3) is 0.600. The van der Waals surface area contributed by atoms with Crippen molar-refractivity contribution in [2.75, 3.05) is 5.75 Å². The van der Waals surface area contributed by atoms with Crippen molar-refractivity contribution in [3.05, 3.63) is 30.3 Å². The summed E-state index contributed by atoms with van der Waals surface area (Å²) in [4.78, 5) is 0.385. The van der Waals surface area contributed by atoms with Crippen LogP contribution in [-0.2, 0) is 14.3 Å². The van der Waals surface area contributed by atoms with E-state index in [0.29, 0.717) is 4.90 Å². The fourth-order valence-corrected chi connectivity index (χ4v) is 5.75. The molecule has 1 aromatic carbocycles. The number of rotatable bonds is 6. The van der Waals surface area contributed by atoms with Crippen LogP contribution in [-0.4, -0.2) is 28.1 Å². The van der Waals surface area contributed by atoms with Gasteiger partial charge in [0.1, 0.15) is 0 Å². The Morgan fingerprint density at radius 3 is 2.10 bits per heavy atom. The van der Waals surface area contributed by atoms with Gasteiger partial charge in [-0.25, -0.2) is 8.42 Å². The zero-order valence-electron chi connectivity index (χ0n) is 13.3. The standard InChI is InChI=1S/C15H26O3SSi/c1-13(15(2,3)18-20(4,5)6)12-19(16,17)14-10-8-7-9-11-14/h7-11,13H,12H2,1-6H3/t13-/m0/s1. The van der Waals surface area contributed by atoms with Gasteiger partial charge in [-0.15, -0.1) is 0 Å². The van der Waals surface area contributed by atoms with E-state index in [1.54, 1.807) is 24.3 Å². The zero-order valence-corrected chi connectivity index (χ0v) is 15.1. The van der Waals surface area contributed by atoms with Crippen LogP contribution in [0.15, 0.2) is 35.2 Å². The van der Waals surface area contributed by atoms with Gasteiger partial charge in [-0.1, -0.05) is 25.1 Å². The minimum atomic E-state index is -3.26. The summed E-state index contributed by atoms with van der Waals surface area (Å²) in [6.45, 7) is 12.3. The van der Waals surface area contributed by atoms with Gasteiger partial charge in [0.25, 0.3) is 0 Å². The molecule has 0 saturated heterocycles. The van der Waals surface area contributed by atoms with E-state index in [4.69, 9.17) is 4.43 Å². The number of benzene rings is 1. The number of hydrogen-bond donors (Lipinski definition) is 0. The molecule has 0 heterocycles. The molecule has 114 valence electrons. The molecule has 0 fully saturated rings. The lowest BCUT2D eigenvalue weighted by molar-refractivity contribution is 0.0533. The summed E-state index contributed by atoms with van der Waals surface area (Å²) in [5.74, 6) is 0.0357. The van der Waals surface area contributed by atoms with E-state index < -0.39 is 23.8 Å². The molecule has 3 nitrogen and oxygen atoms in total. The second-order valence-corrected chi connectivity index (χ2v) is 13.3. The first-order valence-corrected chi connectivity index (χ1v) is 12.0. The molecule has 0 bridgehead atoms. The lowest BCUT2D eigenvalue weighted by Gasteiger charge is -2.37. The van der Waals surface area contributed by atoms with Crippen molar-refractivity contribution >= 4 is 18.2 Å². The summed E-state index contributed by atoms with van der Waals surface area (Å²) < 4.78 is 31.0. The van der Waals surface area contributed by atoms with Crippen LogP contribution >= 0.6 is 0 Å². The van der Waals surface area contributed by atoms with Crippen molar-refractivity contribution in [3.8, 4) is 0 Å². The van der Waals surface area contributed by atoms with Gasteiger partial charge in [-0.05, 0) is 51.5 Å². The van der Waals surface area contributed by atoms with E-state index in [9.17, 15) is 8.42 Å². The molecule has 0 N–H and O–H groups in total. The van der Waals surface area contributed by atoms with Crippen molar-refractivity contribution in [2.45, 2.75) is 50.9 Å². The molecule has 0 saturated carbocycles. The average molecular weight is 315 g/mol. The summed E-state index contributed by atoms with van der Waals surface area (Å²) in [5.41, 5.74) is -0.438. The lowest BCUT2D eigenvalue weighted by atomic mass is 9.95. The molecule has 0 aromatic heterocycles. The van der Waals surface area contributed by atoms with Crippen LogP contribution in [0.2, 0.25) is 19.6 Å². The molecule has 0 aliphatic rings. The molecule has 5 heteroatoms. The van der Waals surface area contributed by atoms with Gasteiger partial charge in [-0.3, -0.25) is 0 Å². The van der Waals surface area contributed by atoms with Crippen LogP contribution < -0.4 is 0 Å². The van der Waals surface area contributed by atoms with Gasteiger partial charge in [0.05, 0.1) is 16.2 Å². The molecule has 1 aromatic rings. The van der Waals surface area contributed by atoms with Crippen LogP contribution in [0, 0.1) is 5.92 Å². The third-order valence-electron chi connectivity index (χ3n) is 3.33. The second-order valence-electron chi connectivity index (χ2n) is 6.81. The van der Waals surface area contributed by atoms with Crippen molar-refractivity contribution in [1.82, 2.24) is 0 Å². The predicted molar refractivity (Wildman–Crippen MR) is 86.2 cm³/mol. The lowest BCUT2D eigenvalue weighted by Crippen LogP contribution is -2.44. The van der Waals surface area contributed by atoms with E-state index in [1.807, 2.05) is 26.8 Å². The maximum absolute atomic E-state index is 12.4. The highest BCUT2D eigenvalue weighted by Gasteiger charge is 2.35. The molecular formula is C15H26O3SSi. The highest BCUT2D eigenvalue weighted by Crippen LogP contribution is 2.28. The quantitative estimate of drug-likeness (QED) is 0.752. The third-order valence-corrected chi connectivity index (χ3v) is 6.40. The largest absolute Gasteiger partial charge is 0.412 e. The first kappa shape index (κ1) is 17.4. The van der Waals surface area contributed by atoms with Crippen molar-refractivity contribution in [2.24, 2.45) is 5.92 Å². The van der Waals surface area contributed by atoms with Crippen molar-refractivity contribution in [1.29, 1.82) is 0 Å². The molecule has 0 spiro atoms. The highest BCUT2D eigenvalue weighted by molar-refractivity contribution is 7.91. The van der Waals surface area contributed by atoms with Gasteiger partial charge in [0.2, 0.25) is 0 Å². The van der Waals surface area contributed by atoms with Crippen LogP contribution in [0.3, 0.4) is 0 Å². The number of sulfone groups is 1. The molecule has 0 aliphatic heterocycles.